The van der Waals surface area contributed by atoms with Gasteiger partial charge in [-0.3, -0.25) is 0 Å². The van der Waals surface area contributed by atoms with Crippen molar-refractivity contribution >= 4 is 0 Å². The second kappa shape index (κ2) is 8.05. The highest BCUT2D eigenvalue weighted by atomic mass is 16.5. The fraction of sp³-hybridized carbons (Fsp3) is 1.00. The summed E-state index contributed by atoms with van der Waals surface area (Å²) in [7, 11) is 0. The number of rotatable bonds is 7. The first-order chi connectivity index (χ1) is 7.36. The zero-order valence-corrected chi connectivity index (χ0v) is 10.00. The first kappa shape index (κ1) is 12.9. The number of morpholine rings is 1. The molecule has 90 valence electrons. The molecule has 0 aromatic heterocycles. The predicted molar refractivity (Wildman–Crippen MR) is 61.2 cm³/mol. The van der Waals surface area contributed by atoms with Gasteiger partial charge in [-0.2, -0.15) is 0 Å². The Balaban J connectivity index is 1.95. The Labute approximate surface area is 92.9 Å². The molecule has 1 saturated heterocycles. The highest BCUT2D eigenvalue weighted by molar-refractivity contribution is 4.66. The Bertz CT molecular complexity index is 146. The lowest BCUT2D eigenvalue weighted by Crippen LogP contribution is -2.41. The fourth-order valence-electron chi connectivity index (χ4n) is 1.68. The summed E-state index contributed by atoms with van der Waals surface area (Å²) in [5.41, 5.74) is 0. The van der Waals surface area contributed by atoms with Gasteiger partial charge < -0.3 is 19.7 Å². The molecule has 0 aliphatic carbocycles. The van der Waals surface area contributed by atoms with Crippen molar-refractivity contribution in [2.75, 3.05) is 52.5 Å². The molecule has 0 amide bonds. The molecule has 1 atom stereocenters. The van der Waals surface area contributed by atoms with Crippen LogP contribution in [0.1, 0.15) is 13.8 Å². The van der Waals surface area contributed by atoms with Crippen LogP contribution in [0.3, 0.4) is 0 Å². The van der Waals surface area contributed by atoms with E-state index in [1.807, 2.05) is 0 Å². The highest BCUT2D eigenvalue weighted by Crippen LogP contribution is 1.97. The van der Waals surface area contributed by atoms with E-state index in [-0.39, 0.29) is 6.10 Å². The standard InChI is InChI=1S/C11H24N2O2/c1-3-13(4-2)6-8-14-10-11-9-12-5-7-15-11/h11-12H,3-10H2,1-2H3. The van der Waals surface area contributed by atoms with Crippen LogP contribution in [0.5, 0.6) is 0 Å². The average molecular weight is 216 g/mol. The lowest BCUT2D eigenvalue weighted by atomic mass is 10.3. The first-order valence-corrected chi connectivity index (χ1v) is 5.99. The molecular formula is C11H24N2O2. The monoisotopic (exact) mass is 216 g/mol. The Kier molecular flexibility index (Phi) is 6.92. The van der Waals surface area contributed by atoms with Gasteiger partial charge >= 0.3 is 0 Å². The third kappa shape index (κ3) is 5.47. The van der Waals surface area contributed by atoms with E-state index in [2.05, 4.69) is 24.1 Å². The highest BCUT2D eigenvalue weighted by Gasteiger charge is 2.12. The van der Waals surface area contributed by atoms with Gasteiger partial charge in [-0.25, -0.2) is 0 Å². The van der Waals surface area contributed by atoms with Crippen LogP contribution in [0.2, 0.25) is 0 Å². The quantitative estimate of drug-likeness (QED) is 0.622. The van der Waals surface area contributed by atoms with Crippen LogP contribution in [-0.4, -0.2) is 63.5 Å². The van der Waals surface area contributed by atoms with Crippen LogP contribution >= 0.6 is 0 Å². The van der Waals surface area contributed by atoms with Gasteiger partial charge in [0.1, 0.15) is 0 Å². The fourth-order valence-corrected chi connectivity index (χ4v) is 1.68. The molecule has 15 heavy (non-hydrogen) atoms. The van der Waals surface area contributed by atoms with Gasteiger partial charge in [0.15, 0.2) is 0 Å². The van der Waals surface area contributed by atoms with Crippen molar-refractivity contribution in [1.29, 1.82) is 0 Å². The molecule has 4 heteroatoms. The zero-order chi connectivity index (χ0) is 10.9. The second-order valence-electron chi connectivity index (χ2n) is 3.80. The molecule has 4 nitrogen and oxygen atoms in total. The number of nitrogens with one attached hydrogen (secondary N) is 1. The van der Waals surface area contributed by atoms with Crippen LogP contribution in [0.15, 0.2) is 0 Å². The number of likely N-dealkylation sites (N-methyl/N-ethyl adjacent to an activating group) is 1. The molecule has 1 aliphatic rings. The molecule has 1 heterocycles. The molecule has 0 aromatic carbocycles. The normalized spacial score (nSPS) is 22.2. The van der Waals surface area contributed by atoms with Crippen molar-refractivity contribution in [3.63, 3.8) is 0 Å². The topological polar surface area (TPSA) is 33.7 Å². The molecular weight excluding hydrogens is 192 g/mol. The molecule has 0 saturated carbocycles. The number of hydrogen-bond donors (Lipinski definition) is 1. The molecule has 1 N–H and O–H groups in total. The minimum absolute atomic E-state index is 0.246. The Hall–Kier alpha value is -0.160. The van der Waals surface area contributed by atoms with E-state index in [0.29, 0.717) is 6.61 Å². The molecule has 1 fully saturated rings. The van der Waals surface area contributed by atoms with E-state index < -0.39 is 0 Å². The smallest absolute Gasteiger partial charge is 0.0933 e. The summed E-state index contributed by atoms with van der Waals surface area (Å²) >= 11 is 0. The maximum Gasteiger partial charge on any atom is 0.0933 e. The number of nitrogens with zero attached hydrogens (tertiary/aromatic N) is 1. The van der Waals surface area contributed by atoms with Crippen LogP contribution in [0.4, 0.5) is 0 Å². The summed E-state index contributed by atoms with van der Waals surface area (Å²) in [5.74, 6) is 0. The third-order valence-corrected chi connectivity index (χ3v) is 2.75. The van der Waals surface area contributed by atoms with E-state index in [4.69, 9.17) is 9.47 Å². The minimum atomic E-state index is 0.246. The van der Waals surface area contributed by atoms with Crippen molar-refractivity contribution in [2.45, 2.75) is 20.0 Å². The third-order valence-electron chi connectivity index (χ3n) is 2.75. The zero-order valence-electron chi connectivity index (χ0n) is 10.00. The summed E-state index contributed by atoms with van der Waals surface area (Å²) in [6.07, 6.45) is 0.246. The predicted octanol–water partition coefficient (Wildman–Crippen LogP) is 0.333. The van der Waals surface area contributed by atoms with E-state index in [9.17, 15) is 0 Å². The molecule has 1 rings (SSSR count). The molecule has 1 unspecified atom stereocenters. The molecule has 0 radical (unpaired) electrons. The number of hydrogen-bond acceptors (Lipinski definition) is 4. The van der Waals surface area contributed by atoms with Crippen LogP contribution in [0, 0.1) is 0 Å². The van der Waals surface area contributed by atoms with Crippen molar-refractivity contribution < 1.29 is 9.47 Å². The van der Waals surface area contributed by atoms with E-state index in [1.54, 1.807) is 0 Å². The van der Waals surface area contributed by atoms with Crippen LogP contribution in [-0.2, 0) is 9.47 Å². The Morgan fingerprint density at radius 2 is 2.20 bits per heavy atom. The summed E-state index contributed by atoms with van der Waals surface area (Å²) in [4.78, 5) is 2.36. The van der Waals surface area contributed by atoms with Crippen molar-refractivity contribution in [3.8, 4) is 0 Å². The van der Waals surface area contributed by atoms with Gasteiger partial charge in [0.2, 0.25) is 0 Å². The minimum Gasteiger partial charge on any atom is -0.377 e. The van der Waals surface area contributed by atoms with E-state index in [1.165, 1.54) is 0 Å². The Morgan fingerprint density at radius 1 is 1.40 bits per heavy atom. The summed E-state index contributed by atoms with van der Waals surface area (Å²) in [6.45, 7) is 11.8. The van der Waals surface area contributed by atoms with Crippen LogP contribution < -0.4 is 5.32 Å². The lowest BCUT2D eigenvalue weighted by Gasteiger charge is -2.24. The molecule has 0 aromatic rings. The summed E-state index contributed by atoms with van der Waals surface area (Å²) in [5, 5.41) is 3.29. The average Bonchev–Trinajstić information content (AvgIpc) is 2.31. The van der Waals surface area contributed by atoms with E-state index in [0.717, 1.165) is 45.9 Å². The van der Waals surface area contributed by atoms with Gasteiger partial charge in [0.05, 0.1) is 25.9 Å². The van der Waals surface area contributed by atoms with Gasteiger partial charge in [0, 0.05) is 19.6 Å². The van der Waals surface area contributed by atoms with Gasteiger partial charge in [-0.05, 0) is 13.1 Å². The van der Waals surface area contributed by atoms with Crippen LogP contribution in [0.25, 0.3) is 0 Å². The maximum atomic E-state index is 5.60. The lowest BCUT2D eigenvalue weighted by molar-refractivity contribution is -0.0342. The van der Waals surface area contributed by atoms with Gasteiger partial charge in [0.25, 0.3) is 0 Å². The van der Waals surface area contributed by atoms with Crippen molar-refractivity contribution in [3.05, 3.63) is 0 Å². The van der Waals surface area contributed by atoms with Gasteiger partial charge in [-0.1, -0.05) is 13.8 Å². The molecule has 0 bridgehead atoms. The summed E-state index contributed by atoms with van der Waals surface area (Å²) < 4.78 is 11.1. The second-order valence-corrected chi connectivity index (χ2v) is 3.80. The molecule has 1 aliphatic heterocycles. The van der Waals surface area contributed by atoms with Crippen molar-refractivity contribution in [1.82, 2.24) is 10.2 Å². The van der Waals surface area contributed by atoms with Gasteiger partial charge in [-0.15, -0.1) is 0 Å². The van der Waals surface area contributed by atoms with Crippen molar-refractivity contribution in [2.24, 2.45) is 0 Å². The van der Waals surface area contributed by atoms with E-state index >= 15 is 0 Å². The SMILES string of the molecule is CCN(CC)CCOCC1CNCCO1. The maximum absolute atomic E-state index is 5.60. The Morgan fingerprint density at radius 3 is 2.80 bits per heavy atom. The molecule has 0 spiro atoms. The summed E-state index contributed by atoms with van der Waals surface area (Å²) in [6, 6.07) is 0. The first-order valence-electron chi connectivity index (χ1n) is 5.99. The number of ether oxygens (including phenoxy) is 2. The largest absolute Gasteiger partial charge is 0.377 e.